The molecule has 2 bridgehead atoms. The van der Waals surface area contributed by atoms with Gasteiger partial charge in [-0.05, 0) is 47.7 Å². The number of benzene rings is 4. The number of aryl methyl sites for hydroxylation is 1. The van der Waals surface area contributed by atoms with Crippen molar-refractivity contribution >= 4 is 22.7 Å². The molecule has 3 aliphatic rings. The average Bonchev–Trinajstić information content (AvgIpc) is 3.05. The fourth-order valence-corrected chi connectivity index (χ4v) is 6.66. The van der Waals surface area contributed by atoms with Crippen molar-refractivity contribution in [2.75, 3.05) is 33.5 Å². The molecular weight excluding hydrogens is 544 g/mol. The highest BCUT2D eigenvalue weighted by atomic mass is 16.6. The summed E-state index contributed by atoms with van der Waals surface area (Å²) in [5.41, 5.74) is 4.81. The third-order valence-corrected chi connectivity index (χ3v) is 8.47. The van der Waals surface area contributed by atoms with Crippen LogP contribution in [0.5, 0.6) is 11.5 Å². The Balaban J connectivity index is 1.14. The van der Waals surface area contributed by atoms with Gasteiger partial charge in [-0.3, -0.25) is 4.79 Å². The lowest BCUT2D eigenvalue weighted by atomic mass is 9.56. The zero-order valence-corrected chi connectivity index (χ0v) is 24.3. The molecule has 0 spiro atoms. The fraction of sp³-hybridized carbons (Fsp3) is 0.278. The van der Waals surface area contributed by atoms with E-state index < -0.39 is 17.5 Å². The number of ether oxygens (including phenoxy) is 5. The molecule has 3 atom stereocenters. The molecule has 0 aliphatic heterocycles. The Labute approximate surface area is 251 Å². The second-order valence-corrected chi connectivity index (χ2v) is 10.8. The highest BCUT2D eigenvalue weighted by Gasteiger charge is 2.58. The van der Waals surface area contributed by atoms with Gasteiger partial charge in [0.05, 0.1) is 5.92 Å². The van der Waals surface area contributed by atoms with E-state index in [1.807, 2.05) is 48.5 Å². The number of carbonyl (C=O) groups excluding carboxylic acids is 2. The van der Waals surface area contributed by atoms with Gasteiger partial charge in [-0.25, -0.2) is 4.79 Å². The second kappa shape index (κ2) is 11.9. The summed E-state index contributed by atoms with van der Waals surface area (Å²) < 4.78 is 29.1. The highest BCUT2D eigenvalue weighted by molar-refractivity contribution is 5.93. The van der Waals surface area contributed by atoms with Gasteiger partial charge in [0.2, 0.25) is 0 Å². The van der Waals surface area contributed by atoms with Crippen LogP contribution in [-0.4, -0.2) is 45.5 Å². The van der Waals surface area contributed by atoms with Gasteiger partial charge in [0, 0.05) is 29.9 Å². The lowest BCUT2D eigenvalue weighted by Crippen LogP contribution is -2.52. The Morgan fingerprint density at radius 1 is 0.814 bits per heavy atom. The summed E-state index contributed by atoms with van der Waals surface area (Å²) >= 11 is 0. The minimum absolute atomic E-state index is 0.101. The van der Waals surface area contributed by atoms with Gasteiger partial charge in [0.1, 0.15) is 43.5 Å². The maximum atomic E-state index is 13.7. The molecule has 0 fully saturated rings. The van der Waals surface area contributed by atoms with Crippen LogP contribution in [-0.2, 0) is 29.4 Å². The summed E-state index contributed by atoms with van der Waals surface area (Å²) in [6.07, 6.45) is 1.74. The van der Waals surface area contributed by atoms with Crippen LogP contribution in [0.4, 0.5) is 0 Å². The molecule has 4 aromatic carbocycles. The Morgan fingerprint density at radius 3 is 2.12 bits per heavy atom. The van der Waals surface area contributed by atoms with E-state index in [0.717, 1.165) is 28.0 Å². The molecule has 7 nitrogen and oxygen atoms in total. The van der Waals surface area contributed by atoms with Crippen molar-refractivity contribution < 1.29 is 33.3 Å². The molecule has 0 radical (unpaired) electrons. The van der Waals surface area contributed by atoms with Crippen molar-refractivity contribution in [3.8, 4) is 11.5 Å². The topological polar surface area (TPSA) is 80.3 Å². The van der Waals surface area contributed by atoms with Crippen LogP contribution in [0.3, 0.4) is 0 Å². The molecule has 0 aromatic heterocycles. The third-order valence-electron chi connectivity index (χ3n) is 8.47. The summed E-state index contributed by atoms with van der Waals surface area (Å²) in [4.78, 5) is 24.9. The summed E-state index contributed by atoms with van der Waals surface area (Å²) in [6, 6.07) is 26.0. The third kappa shape index (κ3) is 5.04. The van der Waals surface area contributed by atoms with Crippen molar-refractivity contribution in [1.29, 1.82) is 0 Å². The summed E-state index contributed by atoms with van der Waals surface area (Å²) in [5, 5.41) is 1.72. The van der Waals surface area contributed by atoms with Crippen molar-refractivity contribution in [3.63, 3.8) is 0 Å². The van der Waals surface area contributed by atoms with Crippen LogP contribution in [0.2, 0.25) is 0 Å². The molecule has 220 valence electrons. The smallest absolute Gasteiger partial charge is 0.330 e. The number of hydrogen-bond acceptors (Lipinski definition) is 7. The van der Waals surface area contributed by atoms with Crippen LogP contribution in [0.1, 0.15) is 40.2 Å². The van der Waals surface area contributed by atoms with E-state index in [9.17, 15) is 9.59 Å². The molecule has 0 amide bonds. The van der Waals surface area contributed by atoms with E-state index in [1.54, 1.807) is 7.11 Å². The summed E-state index contributed by atoms with van der Waals surface area (Å²) in [5.74, 6) is 0.156. The molecule has 43 heavy (non-hydrogen) atoms. The molecule has 3 aliphatic carbocycles. The number of fused-ring (bicyclic) bond motifs is 2. The van der Waals surface area contributed by atoms with E-state index >= 15 is 0 Å². The van der Waals surface area contributed by atoms with Crippen molar-refractivity contribution in [1.82, 2.24) is 0 Å². The quantitative estimate of drug-likeness (QED) is 0.119. The first-order valence-electron chi connectivity index (χ1n) is 14.5. The molecular formula is C36H34O7. The van der Waals surface area contributed by atoms with Gasteiger partial charge in [0.15, 0.2) is 0 Å². The lowest BCUT2D eigenvalue weighted by molar-refractivity contribution is -0.163. The number of methoxy groups -OCH3 is 1. The van der Waals surface area contributed by atoms with Crippen LogP contribution in [0, 0.1) is 12.8 Å². The van der Waals surface area contributed by atoms with Crippen LogP contribution in [0.15, 0.2) is 91.5 Å². The maximum absolute atomic E-state index is 13.7. The number of hydrogen-bond donors (Lipinski definition) is 0. The van der Waals surface area contributed by atoms with Gasteiger partial charge in [-0.15, -0.1) is 0 Å². The Morgan fingerprint density at radius 2 is 1.44 bits per heavy atom. The fourth-order valence-electron chi connectivity index (χ4n) is 6.66. The van der Waals surface area contributed by atoms with Crippen molar-refractivity contribution in [2.24, 2.45) is 5.92 Å². The van der Waals surface area contributed by atoms with Crippen LogP contribution >= 0.6 is 0 Å². The first kappa shape index (κ1) is 28.5. The zero-order valence-electron chi connectivity index (χ0n) is 24.3. The second-order valence-electron chi connectivity index (χ2n) is 10.8. The van der Waals surface area contributed by atoms with Crippen LogP contribution in [0.25, 0.3) is 10.8 Å². The predicted molar refractivity (Wildman–Crippen MR) is 162 cm³/mol. The minimum atomic E-state index is -0.900. The predicted octanol–water partition coefficient (Wildman–Crippen LogP) is 6.23. The lowest BCUT2D eigenvalue weighted by Gasteiger charge is -2.52. The molecule has 0 N–H and O–H groups in total. The van der Waals surface area contributed by atoms with Gasteiger partial charge >= 0.3 is 11.9 Å². The normalized spacial score (nSPS) is 19.7. The molecule has 7 heteroatoms. The minimum Gasteiger partial charge on any atom is -0.489 e. The largest absolute Gasteiger partial charge is 0.489 e. The zero-order chi connectivity index (χ0) is 30.0. The number of esters is 2. The Hall–Kier alpha value is -4.62. The molecule has 0 heterocycles. The Kier molecular flexibility index (Phi) is 7.91. The molecule has 0 saturated carbocycles. The van der Waals surface area contributed by atoms with E-state index in [-0.39, 0.29) is 38.3 Å². The highest BCUT2D eigenvalue weighted by Crippen LogP contribution is 2.59. The number of carbonyl (C=O) groups is 2. The van der Waals surface area contributed by atoms with E-state index in [1.165, 1.54) is 16.7 Å². The van der Waals surface area contributed by atoms with Gasteiger partial charge < -0.3 is 23.7 Å². The van der Waals surface area contributed by atoms with Gasteiger partial charge in [0.25, 0.3) is 0 Å². The Bertz CT molecular complexity index is 1690. The first-order chi connectivity index (χ1) is 21.0. The van der Waals surface area contributed by atoms with E-state index in [4.69, 9.17) is 23.7 Å². The molecule has 0 saturated heterocycles. The first-order valence-corrected chi connectivity index (χ1v) is 14.5. The summed E-state index contributed by atoms with van der Waals surface area (Å²) in [7, 11) is 1.68. The molecule has 3 unspecified atom stereocenters. The maximum Gasteiger partial charge on any atom is 0.330 e. The van der Waals surface area contributed by atoms with Gasteiger partial charge in [-0.2, -0.15) is 0 Å². The molecule has 4 aromatic rings. The number of rotatable bonds is 11. The van der Waals surface area contributed by atoms with Crippen LogP contribution < -0.4 is 9.47 Å². The SMILES string of the molecule is C=CC(=O)OCCOc1ccc(OCCOC(=O)C2CC3c4ccccc4C2(OC)c2ccc(C)cc23)c2ccccc12. The van der Waals surface area contributed by atoms with Gasteiger partial charge in [-0.1, -0.05) is 78.9 Å². The van der Waals surface area contributed by atoms with Crippen molar-refractivity contribution in [3.05, 3.63) is 119 Å². The van der Waals surface area contributed by atoms with E-state index in [0.29, 0.717) is 17.9 Å². The van der Waals surface area contributed by atoms with E-state index in [2.05, 4.69) is 43.8 Å². The summed E-state index contributed by atoms with van der Waals surface area (Å²) in [6.45, 7) is 6.09. The standard InChI is InChI=1S/C36H34O7/c1-4-34(37)42-19-17-40-32-15-16-33(26-11-6-5-10-25(26)32)41-18-20-43-35(38)31-22-27-24-9-7-8-12-29(24)36(31,39-3)30-14-13-23(2)21-28(27)30/h4-16,21,27,31H,1,17-20,22H2,2-3H3. The molecule has 7 rings (SSSR count). The average molecular weight is 579 g/mol. The van der Waals surface area contributed by atoms with Crippen molar-refractivity contribution in [2.45, 2.75) is 24.9 Å². The monoisotopic (exact) mass is 578 g/mol.